The Bertz CT molecular complexity index is 1390. The lowest BCUT2D eigenvalue weighted by Crippen LogP contribution is -2.24. The van der Waals surface area contributed by atoms with Gasteiger partial charge in [0.1, 0.15) is 5.75 Å². The van der Waals surface area contributed by atoms with E-state index in [-0.39, 0.29) is 5.91 Å². The number of nitrogens with zero attached hydrogens (tertiary/aromatic N) is 1. The van der Waals surface area contributed by atoms with Gasteiger partial charge < -0.3 is 4.74 Å². The first-order chi connectivity index (χ1) is 16.6. The molecule has 34 heavy (non-hydrogen) atoms. The number of rotatable bonds is 5. The molecule has 0 N–H and O–H groups in total. The van der Waals surface area contributed by atoms with E-state index in [9.17, 15) is 4.79 Å². The van der Waals surface area contributed by atoms with Crippen LogP contribution in [-0.4, -0.2) is 13.0 Å². The molecule has 0 unspecified atom stereocenters. The molecule has 1 aliphatic rings. The Morgan fingerprint density at radius 3 is 2.00 bits per heavy atom. The van der Waals surface area contributed by atoms with Gasteiger partial charge in [-0.1, -0.05) is 78.9 Å². The van der Waals surface area contributed by atoms with E-state index in [1.54, 1.807) is 12.0 Å². The molecule has 0 aliphatic carbocycles. The lowest BCUT2D eigenvalue weighted by atomic mass is 10.0. The normalized spacial score (nSPS) is 14.4. The van der Waals surface area contributed by atoms with Crippen molar-refractivity contribution in [3.63, 3.8) is 0 Å². The highest BCUT2D eigenvalue weighted by Gasteiger charge is 2.30. The van der Waals surface area contributed by atoms with E-state index in [1.807, 2.05) is 91.0 Å². The number of halogens is 1. The molecule has 0 atom stereocenters. The number of benzene rings is 4. The van der Waals surface area contributed by atoms with Gasteiger partial charge in [0.15, 0.2) is 0 Å². The van der Waals surface area contributed by atoms with Gasteiger partial charge in [-0.15, -0.1) is 0 Å². The summed E-state index contributed by atoms with van der Waals surface area (Å²) in [6.07, 6.45) is 3.87. The number of hydrogen-bond donors (Lipinski definition) is 0. The fourth-order valence-corrected chi connectivity index (χ4v) is 4.64. The minimum absolute atomic E-state index is 0.0572. The first kappa shape index (κ1) is 21.9. The lowest BCUT2D eigenvalue weighted by molar-refractivity contribution is -0.113. The molecule has 1 heterocycles. The Balaban J connectivity index is 1.54. The summed E-state index contributed by atoms with van der Waals surface area (Å²) in [7, 11) is 1.63. The number of carbonyl (C=O) groups excluding carboxylic acids is 1. The second-order valence-corrected chi connectivity index (χ2v) is 8.80. The minimum atomic E-state index is -0.0572. The average Bonchev–Trinajstić information content (AvgIpc) is 3.21. The molecule has 0 fully saturated rings. The van der Waals surface area contributed by atoms with Crippen LogP contribution < -0.4 is 9.64 Å². The summed E-state index contributed by atoms with van der Waals surface area (Å²) < 4.78 is 6.17. The van der Waals surface area contributed by atoms with Gasteiger partial charge in [0, 0.05) is 11.3 Å². The zero-order valence-corrected chi connectivity index (χ0v) is 20.2. The maximum Gasteiger partial charge on any atom is 0.262 e. The molecule has 4 aromatic rings. The highest BCUT2D eigenvalue weighted by molar-refractivity contribution is 9.10. The van der Waals surface area contributed by atoms with Gasteiger partial charge in [0.25, 0.3) is 5.91 Å². The van der Waals surface area contributed by atoms with E-state index < -0.39 is 0 Å². The van der Waals surface area contributed by atoms with Crippen LogP contribution >= 0.6 is 15.9 Å². The third-order valence-electron chi connectivity index (χ3n) is 5.78. The van der Waals surface area contributed by atoms with Crippen LogP contribution in [0.1, 0.15) is 11.1 Å². The molecule has 0 spiro atoms. The van der Waals surface area contributed by atoms with Crippen molar-refractivity contribution in [1.82, 2.24) is 0 Å². The van der Waals surface area contributed by atoms with E-state index in [2.05, 4.69) is 40.2 Å². The van der Waals surface area contributed by atoms with Gasteiger partial charge in [-0.05, 0) is 74.6 Å². The van der Waals surface area contributed by atoms with Crippen molar-refractivity contribution in [1.29, 1.82) is 0 Å². The standard InChI is InChI=1S/C30H22BrNO2/c1-34-29-17-12-21(19-27(29)31)18-25-20-28(24-10-6-3-7-11-24)32(30(25)33)26-15-13-23(14-16-26)22-8-4-2-5-9-22/h2-20H,1H3. The summed E-state index contributed by atoms with van der Waals surface area (Å²) >= 11 is 3.53. The number of ether oxygens (including phenoxy) is 1. The van der Waals surface area contributed by atoms with Crippen molar-refractivity contribution in [2.45, 2.75) is 0 Å². The van der Waals surface area contributed by atoms with Gasteiger partial charge in [0.2, 0.25) is 0 Å². The maximum atomic E-state index is 13.6. The second kappa shape index (κ2) is 9.54. The topological polar surface area (TPSA) is 29.5 Å². The van der Waals surface area contributed by atoms with E-state index in [4.69, 9.17) is 4.74 Å². The first-order valence-electron chi connectivity index (χ1n) is 11.0. The van der Waals surface area contributed by atoms with Crippen molar-refractivity contribution in [3.05, 3.63) is 130 Å². The van der Waals surface area contributed by atoms with Crippen LogP contribution in [0.25, 0.3) is 22.9 Å². The summed E-state index contributed by atoms with van der Waals surface area (Å²) in [5.74, 6) is 0.693. The van der Waals surface area contributed by atoms with Crippen molar-refractivity contribution in [2.75, 3.05) is 12.0 Å². The largest absolute Gasteiger partial charge is 0.496 e. The molecule has 1 amide bonds. The number of amides is 1. The van der Waals surface area contributed by atoms with Crippen molar-refractivity contribution in [2.24, 2.45) is 0 Å². The van der Waals surface area contributed by atoms with Crippen LogP contribution in [0.3, 0.4) is 0 Å². The molecule has 4 aromatic carbocycles. The van der Waals surface area contributed by atoms with Gasteiger partial charge in [-0.3, -0.25) is 9.69 Å². The zero-order chi connectivity index (χ0) is 23.5. The molecule has 1 aliphatic heterocycles. The minimum Gasteiger partial charge on any atom is -0.496 e. The van der Waals surface area contributed by atoms with Gasteiger partial charge in [0.05, 0.1) is 17.3 Å². The molecule has 0 bridgehead atoms. The van der Waals surface area contributed by atoms with Gasteiger partial charge in [-0.25, -0.2) is 0 Å². The quantitative estimate of drug-likeness (QED) is 0.260. The molecule has 0 aromatic heterocycles. The van der Waals surface area contributed by atoms with Crippen LogP contribution in [0.4, 0.5) is 5.69 Å². The monoisotopic (exact) mass is 507 g/mol. The maximum absolute atomic E-state index is 13.6. The fourth-order valence-electron chi connectivity index (χ4n) is 4.08. The molecule has 166 valence electrons. The zero-order valence-electron chi connectivity index (χ0n) is 18.6. The summed E-state index contributed by atoms with van der Waals surface area (Å²) in [5.41, 5.74) is 6.48. The van der Waals surface area contributed by atoms with Crippen molar-refractivity contribution >= 4 is 39.3 Å². The Labute approximate surface area is 207 Å². The van der Waals surface area contributed by atoms with Crippen LogP contribution in [0.5, 0.6) is 5.75 Å². The van der Waals surface area contributed by atoms with Crippen molar-refractivity contribution in [3.8, 4) is 16.9 Å². The number of methoxy groups -OCH3 is 1. The fraction of sp³-hybridized carbons (Fsp3) is 0.0333. The summed E-state index contributed by atoms with van der Waals surface area (Å²) in [4.78, 5) is 15.4. The Morgan fingerprint density at radius 1 is 0.765 bits per heavy atom. The highest BCUT2D eigenvalue weighted by atomic mass is 79.9. The SMILES string of the molecule is COc1ccc(C=C2C=C(c3ccccc3)N(c3ccc(-c4ccccc4)cc3)C2=O)cc1Br. The lowest BCUT2D eigenvalue weighted by Gasteiger charge is -2.21. The molecule has 0 saturated carbocycles. The Morgan fingerprint density at radius 2 is 1.38 bits per heavy atom. The van der Waals surface area contributed by atoms with Crippen molar-refractivity contribution < 1.29 is 9.53 Å². The van der Waals surface area contributed by atoms with E-state index in [0.29, 0.717) is 5.57 Å². The third-order valence-corrected chi connectivity index (χ3v) is 6.40. The number of anilines is 1. The molecule has 4 heteroatoms. The smallest absolute Gasteiger partial charge is 0.262 e. The summed E-state index contributed by atoms with van der Waals surface area (Å²) in [6, 6.07) is 34.1. The predicted octanol–water partition coefficient (Wildman–Crippen LogP) is 7.60. The van der Waals surface area contributed by atoms with E-state index in [1.165, 1.54) is 0 Å². The molecular formula is C30H22BrNO2. The van der Waals surface area contributed by atoms with Gasteiger partial charge in [-0.2, -0.15) is 0 Å². The number of hydrogen-bond acceptors (Lipinski definition) is 2. The predicted molar refractivity (Wildman–Crippen MR) is 142 cm³/mol. The third kappa shape index (κ3) is 4.33. The Kier molecular flexibility index (Phi) is 6.15. The molecular weight excluding hydrogens is 486 g/mol. The molecule has 0 saturated heterocycles. The summed E-state index contributed by atoms with van der Waals surface area (Å²) in [6.45, 7) is 0. The first-order valence-corrected chi connectivity index (χ1v) is 11.8. The van der Waals surface area contributed by atoms with Crippen LogP contribution in [-0.2, 0) is 4.79 Å². The molecule has 3 nitrogen and oxygen atoms in total. The highest BCUT2D eigenvalue weighted by Crippen LogP contribution is 2.36. The number of carbonyl (C=O) groups is 1. The molecule has 5 rings (SSSR count). The van der Waals surface area contributed by atoms with Crippen LogP contribution in [0, 0.1) is 0 Å². The van der Waals surface area contributed by atoms with E-state index in [0.717, 1.165) is 43.9 Å². The molecule has 0 radical (unpaired) electrons. The van der Waals surface area contributed by atoms with Crippen LogP contribution in [0.2, 0.25) is 0 Å². The van der Waals surface area contributed by atoms with E-state index >= 15 is 0 Å². The average molecular weight is 508 g/mol. The summed E-state index contributed by atoms with van der Waals surface area (Å²) in [5, 5.41) is 0. The second-order valence-electron chi connectivity index (χ2n) is 7.94. The van der Waals surface area contributed by atoms with Crippen LogP contribution in [0.15, 0.2) is 119 Å². The van der Waals surface area contributed by atoms with Gasteiger partial charge >= 0.3 is 0 Å². The Hall–Kier alpha value is -3.89.